The van der Waals surface area contributed by atoms with Gasteiger partial charge in [0.2, 0.25) is 0 Å². The molecule has 11 heteroatoms. The van der Waals surface area contributed by atoms with Crippen molar-refractivity contribution in [2.75, 3.05) is 19.8 Å². The summed E-state index contributed by atoms with van der Waals surface area (Å²) in [7, 11) is 0. The Kier molecular flexibility index (Phi) is 6.87. The van der Waals surface area contributed by atoms with Crippen molar-refractivity contribution in [3.8, 4) is 0 Å². The lowest BCUT2D eigenvalue weighted by atomic mass is 9.90. The predicted octanol–water partition coefficient (Wildman–Crippen LogP) is -5.15. The number of hydrogen-bond donors (Lipinski definition) is 8. The highest BCUT2D eigenvalue weighted by molar-refractivity contribution is 4.91. The largest absolute Gasteiger partial charge is 0.394 e. The average Bonchev–Trinajstić information content (AvgIpc) is 2.58. The second kappa shape index (κ2) is 8.29. The summed E-state index contributed by atoms with van der Waals surface area (Å²) < 4.78 is 15.4. The monoisotopic (exact) mass is 356 g/mol. The summed E-state index contributed by atoms with van der Waals surface area (Å²) in [6.07, 6.45) is -13.1. The van der Waals surface area contributed by atoms with Crippen molar-refractivity contribution in [1.29, 1.82) is 0 Å². The van der Waals surface area contributed by atoms with Gasteiger partial charge in [-0.2, -0.15) is 0 Å². The van der Waals surface area contributed by atoms with Crippen LogP contribution in [0.4, 0.5) is 0 Å². The molecule has 0 aromatic rings. The van der Waals surface area contributed by atoms with E-state index >= 15 is 0 Å². The normalized spacial score (nSPS) is 50.0. The van der Waals surface area contributed by atoms with Crippen molar-refractivity contribution in [3.63, 3.8) is 0 Å². The number of ether oxygens (including phenoxy) is 3. The van der Waals surface area contributed by atoms with E-state index in [2.05, 4.69) is 0 Å². The van der Waals surface area contributed by atoms with Crippen LogP contribution in [0.5, 0.6) is 0 Å². The van der Waals surface area contributed by atoms with Crippen LogP contribution in [0.3, 0.4) is 0 Å². The summed E-state index contributed by atoms with van der Waals surface area (Å²) in [6.45, 7) is -1.55. The minimum atomic E-state index is -1.67. The van der Waals surface area contributed by atoms with E-state index in [4.69, 9.17) is 19.3 Å². The smallest absolute Gasteiger partial charge is 0.186 e. The molecule has 0 saturated carbocycles. The van der Waals surface area contributed by atoms with Gasteiger partial charge in [0.1, 0.15) is 30.5 Å². The molecule has 0 unspecified atom stereocenters. The van der Waals surface area contributed by atoms with E-state index in [0.29, 0.717) is 0 Å². The Hall–Kier alpha value is -0.440. The summed E-state index contributed by atoms with van der Waals surface area (Å²) in [5.41, 5.74) is 0. The lowest BCUT2D eigenvalue weighted by Gasteiger charge is -2.43. The first-order chi connectivity index (χ1) is 11.3. The van der Waals surface area contributed by atoms with Gasteiger partial charge in [-0.05, 0) is 0 Å². The molecule has 2 heterocycles. The topological polar surface area (TPSA) is 190 Å². The number of hydrogen-bond acceptors (Lipinski definition) is 11. The molecule has 0 amide bonds. The minimum Gasteiger partial charge on any atom is -0.394 e. The van der Waals surface area contributed by atoms with Gasteiger partial charge in [-0.25, -0.2) is 0 Å². The second-order valence-electron chi connectivity index (χ2n) is 5.92. The molecule has 0 bridgehead atoms. The Morgan fingerprint density at radius 1 is 0.667 bits per heavy atom. The Balaban J connectivity index is 2.00. The van der Waals surface area contributed by atoms with Crippen LogP contribution in [-0.4, -0.2) is 116 Å². The van der Waals surface area contributed by atoms with Crippen LogP contribution in [0.15, 0.2) is 0 Å². The van der Waals surface area contributed by atoms with Crippen LogP contribution in [0.2, 0.25) is 0 Å². The van der Waals surface area contributed by atoms with Gasteiger partial charge in [0.15, 0.2) is 12.6 Å². The predicted molar refractivity (Wildman–Crippen MR) is 73.2 cm³/mol. The molecule has 0 radical (unpaired) electrons. The molecule has 2 fully saturated rings. The van der Waals surface area contributed by atoms with Crippen molar-refractivity contribution >= 4 is 0 Å². The van der Waals surface area contributed by atoms with Gasteiger partial charge in [-0.15, -0.1) is 0 Å². The third-order valence-corrected chi connectivity index (χ3v) is 4.35. The molecule has 2 rings (SSSR count). The highest BCUT2D eigenvalue weighted by atomic mass is 16.7. The van der Waals surface area contributed by atoms with Crippen LogP contribution in [0.1, 0.15) is 0 Å². The molecule has 11 nitrogen and oxygen atoms in total. The molecular weight excluding hydrogens is 332 g/mol. The maximum atomic E-state index is 9.98. The quantitative estimate of drug-likeness (QED) is 0.235. The van der Waals surface area contributed by atoms with E-state index in [-0.39, 0.29) is 6.61 Å². The highest BCUT2D eigenvalue weighted by Crippen LogP contribution is 2.28. The summed E-state index contributed by atoms with van der Waals surface area (Å²) >= 11 is 0. The summed E-state index contributed by atoms with van der Waals surface area (Å²) in [6, 6.07) is 0. The zero-order valence-corrected chi connectivity index (χ0v) is 12.7. The van der Waals surface area contributed by atoms with Gasteiger partial charge in [-0.1, -0.05) is 0 Å². The maximum Gasteiger partial charge on any atom is 0.186 e. The third-order valence-electron chi connectivity index (χ3n) is 4.35. The summed E-state index contributed by atoms with van der Waals surface area (Å²) in [5, 5.41) is 76.6. The lowest BCUT2D eigenvalue weighted by molar-refractivity contribution is -0.319. The first kappa shape index (κ1) is 19.9. The molecule has 142 valence electrons. The van der Waals surface area contributed by atoms with Crippen LogP contribution in [0.25, 0.3) is 0 Å². The fourth-order valence-corrected chi connectivity index (χ4v) is 2.80. The summed E-state index contributed by atoms with van der Waals surface area (Å²) in [4.78, 5) is 0. The fraction of sp³-hybridized carbons (Fsp3) is 1.00. The molecule has 2 aliphatic rings. The Bertz CT molecular complexity index is 392. The van der Waals surface area contributed by atoms with Crippen molar-refractivity contribution in [3.05, 3.63) is 0 Å². The zero-order valence-electron chi connectivity index (χ0n) is 12.7. The second-order valence-corrected chi connectivity index (χ2v) is 5.92. The highest BCUT2D eigenvalue weighted by Gasteiger charge is 2.47. The number of rotatable bonds is 5. The Morgan fingerprint density at radius 3 is 1.88 bits per heavy atom. The number of aliphatic hydroxyl groups excluding tert-OH is 8. The van der Waals surface area contributed by atoms with Crippen molar-refractivity contribution in [2.24, 2.45) is 5.92 Å². The van der Waals surface area contributed by atoms with Gasteiger partial charge in [-0.3, -0.25) is 0 Å². The molecule has 0 spiro atoms. The van der Waals surface area contributed by atoms with E-state index in [1.807, 2.05) is 0 Å². The van der Waals surface area contributed by atoms with Gasteiger partial charge >= 0.3 is 0 Å². The van der Waals surface area contributed by atoms with Gasteiger partial charge in [0.05, 0.1) is 32.0 Å². The lowest BCUT2D eigenvalue weighted by Crippen LogP contribution is -2.60. The molecule has 2 aliphatic heterocycles. The van der Waals surface area contributed by atoms with Crippen molar-refractivity contribution in [2.45, 2.75) is 55.3 Å². The Labute approximate surface area is 137 Å². The molecule has 24 heavy (non-hydrogen) atoms. The van der Waals surface area contributed by atoms with E-state index in [1.54, 1.807) is 0 Å². The van der Waals surface area contributed by atoms with E-state index < -0.39 is 74.4 Å². The molecule has 0 aromatic heterocycles. The first-order valence-corrected chi connectivity index (χ1v) is 7.54. The van der Waals surface area contributed by atoms with Crippen LogP contribution in [-0.2, 0) is 14.2 Å². The fourth-order valence-electron chi connectivity index (χ4n) is 2.80. The molecule has 0 aromatic carbocycles. The van der Waals surface area contributed by atoms with Gasteiger partial charge < -0.3 is 55.1 Å². The third kappa shape index (κ3) is 3.86. The van der Waals surface area contributed by atoms with Crippen molar-refractivity contribution in [1.82, 2.24) is 0 Å². The molecule has 8 N–H and O–H groups in total. The number of aliphatic hydroxyl groups is 8. The standard InChI is InChI=1S/C13H24O11/c14-1-5-4(7(16)10(19)12(21)23-5)3-22-13-11(20)9(18)8(17)6(2-15)24-13/h4-21H,1-3H2/t4-,5-,6-,7+,8-,9+,10-,11-,12+,13+/m1/s1. The Morgan fingerprint density at radius 2 is 1.29 bits per heavy atom. The van der Waals surface area contributed by atoms with Crippen LogP contribution in [0, 0.1) is 5.92 Å². The molecule has 2 saturated heterocycles. The van der Waals surface area contributed by atoms with Crippen LogP contribution < -0.4 is 0 Å². The van der Waals surface area contributed by atoms with E-state index in [0.717, 1.165) is 0 Å². The van der Waals surface area contributed by atoms with E-state index in [9.17, 15) is 35.7 Å². The first-order valence-electron chi connectivity index (χ1n) is 7.54. The summed E-state index contributed by atoms with van der Waals surface area (Å²) in [5.74, 6) is -0.958. The minimum absolute atomic E-state index is 0.362. The van der Waals surface area contributed by atoms with Gasteiger partial charge in [0, 0.05) is 5.92 Å². The molecule has 0 aliphatic carbocycles. The maximum absolute atomic E-state index is 9.98. The van der Waals surface area contributed by atoms with E-state index in [1.165, 1.54) is 0 Å². The van der Waals surface area contributed by atoms with Crippen molar-refractivity contribution < 1.29 is 55.1 Å². The molecule has 10 atom stereocenters. The average molecular weight is 356 g/mol. The molecular formula is C13H24O11. The van der Waals surface area contributed by atoms with Gasteiger partial charge in [0.25, 0.3) is 0 Å². The SMILES string of the molecule is OC[C@H]1O[C@H](OC[C@H]2[C@H](O)[C@@H](O)[C@@H](O)O[C@@H]2CO)[C@H](O)[C@@H](O)[C@@H]1O. The zero-order chi connectivity index (χ0) is 18.0. The van der Waals surface area contributed by atoms with Crippen LogP contribution >= 0.6 is 0 Å².